The zero-order valence-corrected chi connectivity index (χ0v) is 22.5. The van der Waals surface area contributed by atoms with Crippen molar-refractivity contribution in [1.82, 2.24) is 9.62 Å². The first kappa shape index (κ1) is 30.0. The molecule has 0 aromatic heterocycles. The highest BCUT2D eigenvalue weighted by Crippen LogP contribution is 2.21. The summed E-state index contributed by atoms with van der Waals surface area (Å²) in [6.45, 7) is 8.39. The molecule has 2 atom stereocenters. The molecule has 0 unspecified atom stereocenters. The first-order valence-electron chi connectivity index (χ1n) is 11.8. The van der Waals surface area contributed by atoms with Gasteiger partial charge in [-0.25, -0.2) is 4.79 Å². The van der Waals surface area contributed by atoms with Gasteiger partial charge in [-0.15, -0.1) is 0 Å². The van der Waals surface area contributed by atoms with E-state index in [1.165, 1.54) is 12.1 Å². The molecule has 11 nitrogen and oxygen atoms in total. The van der Waals surface area contributed by atoms with Gasteiger partial charge in [-0.05, 0) is 50.8 Å². The largest absolute Gasteiger partial charge is 0.444 e. The van der Waals surface area contributed by atoms with Crippen molar-refractivity contribution in [3.05, 3.63) is 70.3 Å². The summed E-state index contributed by atoms with van der Waals surface area (Å²) in [4.78, 5) is 22.8. The number of alkyl carbamates (subject to hydrolysis) is 1. The highest BCUT2D eigenvalue weighted by molar-refractivity contribution is 7.84. The molecule has 204 valence electrons. The Morgan fingerprint density at radius 2 is 1.68 bits per heavy atom. The van der Waals surface area contributed by atoms with Crippen molar-refractivity contribution in [2.45, 2.75) is 58.8 Å². The molecule has 2 aromatic rings. The molecular weight excluding hydrogens is 502 g/mol. The number of ether oxygens (including phenoxy) is 1. The Labute approximate surface area is 217 Å². The Hall–Kier alpha value is -3.22. The van der Waals surface area contributed by atoms with E-state index in [1.54, 1.807) is 34.6 Å². The monoisotopic (exact) mass is 537 g/mol. The highest BCUT2D eigenvalue weighted by atomic mass is 32.2. The average molecular weight is 538 g/mol. The number of amides is 1. The van der Waals surface area contributed by atoms with Crippen molar-refractivity contribution in [2.24, 2.45) is 5.92 Å². The normalized spacial score (nSPS) is 13.7. The first-order chi connectivity index (χ1) is 17.2. The van der Waals surface area contributed by atoms with Gasteiger partial charge in [0.15, 0.2) is 0 Å². The summed E-state index contributed by atoms with van der Waals surface area (Å²) in [6, 6.07) is 12.9. The summed E-state index contributed by atoms with van der Waals surface area (Å²) in [5.74, 6) is -0.226. The molecule has 0 heterocycles. The molecule has 2 rings (SSSR count). The van der Waals surface area contributed by atoms with E-state index < -0.39 is 39.1 Å². The van der Waals surface area contributed by atoms with Gasteiger partial charge in [0, 0.05) is 25.2 Å². The van der Waals surface area contributed by atoms with Gasteiger partial charge in [-0.2, -0.15) is 12.7 Å². The molecule has 0 radical (unpaired) electrons. The summed E-state index contributed by atoms with van der Waals surface area (Å²) in [5, 5.41) is 24.6. The van der Waals surface area contributed by atoms with E-state index in [1.807, 2.05) is 30.3 Å². The molecule has 0 fully saturated rings. The van der Waals surface area contributed by atoms with E-state index in [0.717, 1.165) is 22.0 Å². The third-order valence-electron chi connectivity index (χ3n) is 4.99. The fourth-order valence-corrected chi connectivity index (χ4v) is 4.68. The minimum absolute atomic E-state index is 0.0247. The van der Waals surface area contributed by atoms with Crippen LogP contribution in [0.3, 0.4) is 0 Å². The van der Waals surface area contributed by atoms with Crippen LogP contribution >= 0.6 is 0 Å². The van der Waals surface area contributed by atoms with Crippen molar-refractivity contribution >= 4 is 22.1 Å². The van der Waals surface area contributed by atoms with Crippen LogP contribution < -0.4 is 9.50 Å². The third kappa shape index (κ3) is 10.3. The SMILES string of the molecule is CC(C)CN(C[C@@H](O)[C@H](Cc1ccccc1)NC(=O)OC(C)(C)C)S(=O)(=O)Oc1ccc([N+](=O)[O-])cc1. The number of aliphatic hydroxyl groups is 1. The number of nitro groups is 1. The Bertz CT molecular complexity index is 1130. The van der Waals surface area contributed by atoms with Gasteiger partial charge >= 0.3 is 16.4 Å². The highest BCUT2D eigenvalue weighted by Gasteiger charge is 2.32. The molecule has 2 N–H and O–H groups in total. The molecule has 0 spiro atoms. The summed E-state index contributed by atoms with van der Waals surface area (Å²) in [6.07, 6.45) is -1.84. The number of benzene rings is 2. The number of aliphatic hydroxyl groups excluding tert-OH is 1. The predicted molar refractivity (Wildman–Crippen MR) is 138 cm³/mol. The van der Waals surface area contributed by atoms with Gasteiger partial charge in [0.25, 0.3) is 5.69 Å². The van der Waals surface area contributed by atoms with E-state index in [4.69, 9.17) is 8.92 Å². The standard InChI is InChI=1S/C25H35N3O8S/c1-18(2)16-27(37(33,34)36-21-13-11-20(12-14-21)28(31)32)17-23(29)22(15-19-9-7-6-8-10-19)26-24(30)35-25(3,4)5/h6-14,18,22-23,29H,15-17H2,1-5H3,(H,26,30)/t22-,23+/m0/s1. The van der Waals surface area contributed by atoms with Gasteiger partial charge in [-0.3, -0.25) is 10.1 Å². The number of carbonyl (C=O) groups excluding carboxylic acids is 1. The first-order valence-corrected chi connectivity index (χ1v) is 13.2. The number of nitrogens with zero attached hydrogens (tertiary/aromatic N) is 2. The maximum absolute atomic E-state index is 13.1. The average Bonchev–Trinajstić information content (AvgIpc) is 2.77. The number of carbonyl (C=O) groups is 1. The van der Waals surface area contributed by atoms with Gasteiger partial charge in [0.1, 0.15) is 11.4 Å². The molecule has 0 saturated carbocycles. The van der Waals surface area contributed by atoms with Crippen LogP contribution in [0.15, 0.2) is 54.6 Å². The molecule has 0 saturated heterocycles. The third-order valence-corrected chi connectivity index (χ3v) is 6.32. The molecule has 12 heteroatoms. The van der Waals surface area contributed by atoms with Gasteiger partial charge < -0.3 is 19.3 Å². The summed E-state index contributed by atoms with van der Waals surface area (Å²) >= 11 is 0. The van der Waals surface area contributed by atoms with Gasteiger partial charge in [0.2, 0.25) is 0 Å². The van der Waals surface area contributed by atoms with E-state index >= 15 is 0 Å². The maximum Gasteiger partial charge on any atom is 0.407 e. The van der Waals surface area contributed by atoms with E-state index in [-0.39, 0.29) is 36.9 Å². The van der Waals surface area contributed by atoms with Crippen LogP contribution in [0.25, 0.3) is 0 Å². The van der Waals surface area contributed by atoms with Crippen LogP contribution in [0.2, 0.25) is 0 Å². The Balaban J connectivity index is 2.26. The Kier molecular flexibility index (Phi) is 10.4. The zero-order chi connectivity index (χ0) is 27.8. The number of hydrogen-bond acceptors (Lipinski definition) is 8. The summed E-state index contributed by atoms with van der Waals surface area (Å²) in [5.41, 5.74) is -0.156. The lowest BCUT2D eigenvalue weighted by Crippen LogP contribution is -2.52. The minimum Gasteiger partial charge on any atom is -0.444 e. The zero-order valence-electron chi connectivity index (χ0n) is 21.7. The number of rotatable bonds is 12. The van der Waals surface area contributed by atoms with E-state index in [9.17, 15) is 28.4 Å². The van der Waals surface area contributed by atoms with Crippen LogP contribution in [0, 0.1) is 16.0 Å². The van der Waals surface area contributed by atoms with Gasteiger partial charge in [-0.1, -0.05) is 44.2 Å². The lowest BCUT2D eigenvalue weighted by Gasteiger charge is -2.30. The van der Waals surface area contributed by atoms with Crippen LogP contribution in [0.5, 0.6) is 5.75 Å². The van der Waals surface area contributed by atoms with E-state index in [0.29, 0.717) is 0 Å². The van der Waals surface area contributed by atoms with Crippen LogP contribution in [0.1, 0.15) is 40.2 Å². The van der Waals surface area contributed by atoms with Crippen molar-refractivity contribution in [2.75, 3.05) is 13.1 Å². The molecule has 1 amide bonds. The summed E-state index contributed by atoms with van der Waals surface area (Å²) in [7, 11) is -4.40. The lowest BCUT2D eigenvalue weighted by atomic mass is 10.0. The van der Waals surface area contributed by atoms with Crippen LogP contribution in [0.4, 0.5) is 10.5 Å². The van der Waals surface area contributed by atoms with Gasteiger partial charge in [0.05, 0.1) is 17.1 Å². The number of nitrogens with one attached hydrogen (secondary N) is 1. The fourth-order valence-electron chi connectivity index (χ4n) is 3.41. The Morgan fingerprint density at radius 3 is 2.19 bits per heavy atom. The second-order valence-electron chi connectivity index (χ2n) is 10.0. The molecule has 0 bridgehead atoms. The molecule has 0 aliphatic heterocycles. The molecule has 0 aliphatic rings. The van der Waals surface area contributed by atoms with Crippen molar-refractivity contribution < 1.29 is 32.2 Å². The van der Waals surface area contributed by atoms with Crippen molar-refractivity contribution in [3.63, 3.8) is 0 Å². The predicted octanol–water partition coefficient (Wildman–Crippen LogP) is 3.67. The number of hydrogen-bond donors (Lipinski definition) is 2. The maximum atomic E-state index is 13.1. The smallest absolute Gasteiger partial charge is 0.407 e. The molecule has 37 heavy (non-hydrogen) atoms. The topological polar surface area (TPSA) is 148 Å². The van der Waals surface area contributed by atoms with Crippen LogP contribution in [-0.4, -0.2) is 59.7 Å². The van der Waals surface area contributed by atoms with Crippen molar-refractivity contribution in [1.29, 1.82) is 0 Å². The second kappa shape index (κ2) is 12.8. The quantitative estimate of drug-likeness (QED) is 0.308. The number of non-ortho nitro benzene ring substituents is 1. The molecular formula is C25H35N3O8S. The number of nitro benzene ring substituents is 1. The second-order valence-corrected chi connectivity index (χ2v) is 11.6. The minimum atomic E-state index is -4.40. The van der Waals surface area contributed by atoms with Crippen LogP contribution in [-0.2, 0) is 21.5 Å². The van der Waals surface area contributed by atoms with E-state index in [2.05, 4.69) is 5.32 Å². The Morgan fingerprint density at radius 1 is 1.08 bits per heavy atom. The molecule has 0 aliphatic carbocycles. The summed E-state index contributed by atoms with van der Waals surface area (Å²) < 4.78 is 37.8. The fraction of sp³-hybridized carbons (Fsp3) is 0.480. The van der Waals surface area contributed by atoms with Crippen molar-refractivity contribution in [3.8, 4) is 5.75 Å². The molecule has 2 aromatic carbocycles. The lowest BCUT2D eigenvalue weighted by molar-refractivity contribution is -0.384.